The van der Waals surface area contributed by atoms with E-state index in [9.17, 15) is 14.4 Å². The highest BCUT2D eigenvalue weighted by Gasteiger charge is 2.26. The Kier molecular flexibility index (Phi) is 6.48. The minimum Gasteiger partial charge on any atom is -0.367 e. The van der Waals surface area contributed by atoms with Crippen LogP contribution >= 0.6 is 11.3 Å². The topological polar surface area (TPSA) is 121 Å². The molecule has 3 N–H and O–H groups in total. The van der Waals surface area contributed by atoms with Gasteiger partial charge in [0.25, 0.3) is 11.8 Å². The second kappa shape index (κ2) is 9.73. The average Bonchev–Trinajstić information content (AvgIpc) is 3.24. The summed E-state index contributed by atoms with van der Waals surface area (Å²) in [4.78, 5) is 44.7. The molecule has 0 aromatic carbocycles. The smallest absolute Gasteiger partial charge is 0.326 e. The zero-order valence-electron chi connectivity index (χ0n) is 20.5. The van der Waals surface area contributed by atoms with Crippen molar-refractivity contribution in [2.75, 3.05) is 18.9 Å². The Hall–Kier alpha value is -3.73. The lowest BCUT2D eigenvalue weighted by atomic mass is 10.1. The van der Waals surface area contributed by atoms with Crippen LogP contribution in [0.5, 0.6) is 0 Å². The van der Waals surface area contributed by atoms with Crippen LogP contribution in [0.3, 0.4) is 0 Å². The van der Waals surface area contributed by atoms with Gasteiger partial charge in [-0.25, -0.2) is 9.78 Å². The van der Waals surface area contributed by atoms with Gasteiger partial charge in [-0.1, -0.05) is 20.3 Å². The van der Waals surface area contributed by atoms with Gasteiger partial charge in [-0.2, -0.15) is 9.61 Å². The number of urea groups is 1. The molecule has 188 valence electrons. The third-order valence-electron chi connectivity index (χ3n) is 6.52. The summed E-state index contributed by atoms with van der Waals surface area (Å²) in [7, 11) is 1.84. The molecule has 4 amide bonds. The maximum atomic E-state index is 13.0. The van der Waals surface area contributed by atoms with Crippen molar-refractivity contribution >= 4 is 46.7 Å². The largest absolute Gasteiger partial charge is 0.367 e. The van der Waals surface area contributed by atoms with E-state index in [-0.39, 0.29) is 11.6 Å². The molecule has 11 heteroatoms. The standard InChI is InChI=1S/C25H29N7O3S/c1-4-14(2)9-10-31(3)24(34)20-8-7-19(36-20)17-12-21(27-16-5-6-16)32-22(28-17)15(13-26-32)11-18-23(33)30-25(35)29-18/h7-8,11-14,16,27H,4-6,9-10H2,1-3H3,(H2,29,30,33,35)/b18-11-. The number of imide groups is 1. The van der Waals surface area contributed by atoms with Crippen LogP contribution in [-0.4, -0.2) is 57.0 Å². The van der Waals surface area contributed by atoms with Gasteiger partial charge < -0.3 is 15.5 Å². The fourth-order valence-electron chi connectivity index (χ4n) is 3.88. The lowest BCUT2D eigenvalue weighted by Crippen LogP contribution is -2.27. The molecule has 1 saturated carbocycles. The van der Waals surface area contributed by atoms with Crippen LogP contribution in [0, 0.1) is 5.92 Å². The number of nitrogens with zero attached hydrogens (tertiary/aromatic N) is 4. The second-order valence-corrected chi connectivity index (χ2v) is 10.5. The number of carbonyl (C=O) groups is 3. The normalized spacial score (nSPS) is 17.4. The van der Waals surface area contributed by atoms with Crippen molar-refractivity contribution in [2.24, 2.45) is 5.92 Å². The molecule has 3 aromatic heterocycles. The summed E-state index contributed by atoms with van der Waals surface area (Å²) in [6, 6.07) is 5.52. The zero-order valence-corrected chi connectivity index (χ0v) is 21.3. The summed E-state index contributed by atoms with van der Waals surface area (Å²) in [6.45, 7) is 5.08. The number of amides is 4. The predicted molar refractivity (Wildman–Crippen MR) is 139 cm³/mol. The summed E-state index contributed by atoms with van der Waals surface area (Å²) in [5.74, 6) is 0.875. The number of fused-ring (bicyclic) bond motifs is 1. The second-order valence-electron chi connectivity index (χ2n) is 9.44. The van der Waals surface area contributed by atoms with E-state index in [1.807, 2.05) is 25.2 Å². The predicted octanol–water partition coefficient (Wildman–Crippen LogP) is 3.72. The lowest BCUT2D eigenvalue weighted by Gasteiger charge is -2.18. The molecule has 0 bridgehead atoms. The maximum absolute atomic E-state index is 13.0. The van der Waals surface area contributed by atoms with Gasteiger partial charge in [-0.05, 0) is 43.4 Å². The number of hydrogen-bond acceptors (Lipinski definition) is 7. The van der Waals surface area contributed by atoms with Gasteiger partial charge in [0.2, 0.25) is 0 Å². The van der Waals surface area contributed by atoms with Crippen LogP contribution in [0.4, 0.5) is 10.6 Å². The SMILES string of the molecule is CCC(C)CCN(C)C(=O)c1ccc(-c2cc(NC3CC3)n3ncc(/C=C4\NC(=O)NC4=O)c3n2)s1. The van der Waals surface area contributed by atoms with Crippen molar-refractivity contribution in [2.45, 2.75) is 45.6 Å². The van der Waals surface area contributed by atoms with E-state index in [1.54, 1.807) is 21.7 Å². The molecule has 3 aromatic rings. The van der Waals surface area contributed by atoms with Gasteiger partial charge in [0.1, 0.15) is 11.5 Å². The molecule has 4 heterocycles. The van der Waals surface area contributed by atoms with Crippen molar-refractivity contribution in [1.29, 1.82) is 0 Å². The summed E-state index contributed by atoms with van der Waals surface area (Å²) >= 11 is 1.41. The number of thiophene rings is 1. The van der Waals surface area contributed by atoms with Crippen LogP contribution in [-0.2, 0) is 4.79 Å². The molecular weight excluding hydrogens is 478 g/mol. The lowest BCUT2D eigenvalue weighted by molar-refractivity contribution is -0.115. The van der Waals surface area contributed by atoms with Crippen LogP contribution in [0.1, 0.15) is 54.8 Å². The molecule has 1 unspecified atom stereocenters. The third-order valence-corrected chi connectivity index (χ3v) is 7.61. The van der Waals surface area contributed by atoms with Gasteiger partial charge in [0, 0.05) is 31.3 Å². The Morgan fingerprint density at radius 3 is 2.83 bits per heavy atom. The highest BCUT2D eigenvalue weighted by Crippen LogP contribution is 2.32. The number of nitrogens with one attached hydrogen (secondary N) is 3. The van der Waals surface area contributed by atoms with Crippen LogP contribution in [0.25, 0.3) is 22.3 Å². The van der Waals surface area contributed by atoms with Gasteiger partial charge >= 0.3 is 6.03 Å². The Balaban J connectivity index is 1.47. The molecule has 1 aliphatic heterocycles. The number of hydrogen-bond donors (Lipinski definition) is 3. The van der Waals surface area contributed by atoms with Gasteiger partial charge in [-0.3, -0.25) is 14.9 Å². The molecule has 2 fully saturated rings. The first kappa shape index (κ1) is 24.0. The summed E-state index contributed by atoms with van der Waals surface area (Å²) < 4.78 is 1.70. The molecule has 5 rings (SSSR count). The van der Waals surface area contributed by atoms with Crippen LogP contribution in [0.2, 0.25) is 0 Å². The van der Waals surface area contributed by atoms with Gasteiger partial charge in [0.15, 0.2) is 5.65 Å². The fourth-order valence-corrected chi connectivity index (χ4v) is 4.85. The zero-order chi connectivity index (χ0) is 25.4. The summed E-state index contributed by atoms with van der Waals surface area (Å²) in [6.07, 6.45) is 7.43. The molecule has 1 saturated heterocycles. The van der Waals surface area contributed by atoms with Crippen molar-refractivity contribution in [1.82, 2.24) is 30.1 Å². The Morgan fingerprint density at radius 1 is 1.33 bits per heavy atom. The summed E-state index contributed by atoms with van der Waals surface area (Å²) in [5, 5.41) is 12.7. The highest BCUT2D eigenvalue weighted by atomic mass is 32.1. The Morgan fingerprint density at radius 2 is 2.14 bits per heavy atom. The van der Waals surface area contributed by atoms with E-state index in [0.29, 0.717) is 33.7 Å². The van der Waals surface area contributed by atoms with E-state index in [0.717, 1.165) is 42.9 Å². The fraction of sp³-hybridized carbons (Fsp3) is 0.400. The molecule has 0 radical (unpaired) electrons. The third kappa shape index (κ3) is 4.97. The van der Waals surface area contributed by atoms with Crippen LogP contribution in [0.15, 0.2) is 30.1 Å². The molecule has 10 nitrogen and oxygen atoms in total. The minimum absolute atomic E-state index is 0.00437. The minimum atomic E-state index is -0.558. The first-order valence-corrected chi connectivity index (χ1v) is 13.0. The van der Waals surface area contributed by atoms with E-state index >= 15 is 0 Å². The van der Waals surface area contributed by atoms with E-state index < -0.39 is 11.9 Å². The maximum Gasteiger partial charge on any atom is 0.326 e. The van der Waals surface area contributed by atoms with E-state index in [1.165, 1.54) is 11.3 Å². The Bertz CT molecular complexity index is 1370. The number of aromatic nitrogens is 3. The molecule has 0 spiro atoms. The van der Waals surface area contributed by atoms with Gasteiger partial charge in [-0.15, -0.1) is 11.3 Å². The van der Waals surface area contributed by atoms with Crippen molar-refractivity contribution in [3.8, 4) is 10.6 Å². The van der Waals surface area contributed by atoms with E-state index in [4.69, 9.17) is 4.98 Å². The highest BCUT2D eigenvalue weighted by molar-refractivity contribution is 7.17. The monoisotopic (exact) mass is 507 g/mol. The van der Waals surface area contributed by atoms with Crippen molar-refractivity contribution in [3.63, 3.8) is 0 Å². The first-order chi connectivity index (χ1) is 17.3. The number of anilines is 1. The molecule has 1 aliphatic carbocycles. The number of rotatable bonds is 9. The average molecular weight is 508 g/mol. The molecule has 2 aliphatic rings. The van der Waals surface area contributed by atoms with Crippen molar-refractivity contribution in [3.05, 3.63) is 40.5 Å². The van der Waals surface area contributed by atoms with Gasteiger partial charge in [0.05, 0.1) is 21.6 Å². The van der Waals surface area contributed by atoms with E-state index in [2.05, 4.69) is 34.9 Å². The Labute approximate surface area is 212 Å². The molecule has 36 heavy (non-hydrogen) atoms. The van der Waals surface area contributed by atoms with Crippen molar-refractivity contribution < 1.29 is 14.4 Å². The first-order valence-electron chi connectivity index (χ1n) is 12.2. The number of carbonyl (C=O) groups excluding carboxylic acids is 3. The summed E-state index contributed by atoms with van der Waals surface area (Å²) in [5.41, 5.74) is 1.99. The van der Waals surface area contributed by atoms with Crippen LogP contribution < -0.4 is 16.0 Å². The molecular formula is C25H29N7O3S. The molecule has 1 atom stereocenters. The quantitative estimate of drug-likeness (QED) is 0.300.